The van der Waals surface area contributed by atoms with E-state index in [1.54, 1.807) is 16.2 Å². The Morgan fingerprint density at radius 2 is 2.22 bits per heavy atom. The van der Waals surface area contributed by atoms with Gasteiger partial charge in [0.25, 0.3) is 0 Å². The normalized spacial score (nSPS) is 21.6. The molecule has 0 saturated carbocycles. The molecule has 1 fully saturated rings. The summed E-state index contributed by atoms with van der Waals surface area (Å²) in [7, 11) is 0. The summed E-state index contributed by atoms with van der Waals surface area (Å²) in [5.41, 5.74) is 0.991. The molecule has 0 bridgehead atoms. The second kappa shape index (κ2) is 6.49. The van der Waals surface area contributed by atoms with Crippen molar-refractivity contribution in [2.24, 2.45) is 11.8 Å². The van der Waals surface area contributed by atoms with E-state index in [9.17, 15) is 14.7 Å². The fourth-order valence-corrected chi connectivity index (χ4v) is 4.32. The standard InChI is InChI=1S/C17H18ClNO3S/c1-10-8-19(5-4-13(10)17(21)22)16(20)6-11-9-23-15-3-2-12(18)7-14(11)15/h2-3,7,9-10,13H,4-6,8H2,1H3,(H,21,22). The zero-order chi connectivity index (χ0) is 16.6. The molecular formula is C17H18ClNO3S. The average molecular weight is 352 g/mol. The van der Waals surface area contributed by atoms with Crippen molar-refractivity contribution in [2.45, 2.75) is 19.8 Å². The monoisotopic (exact) mass is 351 g/mol. The Morgan fingerprint density at radius 1 is 1.43 bits per heavy atom. The largest absolute Gasteiger partial charge is 0.481 e. The van der Waals surface area contributed by atoms with Crippen molar-refractivity contribution in [3.05, 3.63) is 34.2 Å². The van der Waals surface area contributed by atoms with Crippen molar-refractivity contribution in [1.82, 2.24) is 4.90 Å². The van der Waals surface area contributed by atoms with E-state index in [0.717, 1.165) is 15.6 Å². The Hall–Kier alpha value is -1.59. The Morgan fingerprint density at radius 3 is 2.91 bits per heavy atom. The lowest BCUT2D eigenvalue weighted by molar-refractivity contribution is -0.148. The van der Waals surface area contributed by atoms with Crippen LogP contribution in [0.1, 0.15) is 18.9 Å². The highest BCUT2D eigenvalue weighted by atomic mass is 35.5. The molecule has 1 aromatic heterocycles. The minimum atomic E-state index is -0.761. The molecule has 1 aromatic carbocycles. The van der Waals surface area contributed by atoms with Crippen molar-refractivity contribution < 1.29 is 14.7 Å². The maximum atomic E-state index is 12.6. The van der Waals surface area contributed by atoms with Gasteiger partial charge >= 0.3 is 5.97 Å². The number of likely N-dealkylation sites (tertiary alicyclic amines) is 1. The first kappa shape index (κ1) is 16.3. The SMILES string of the molecule is CC1CN(C(=O)Cc2csc3ccc(Cl)cc23)CCC1C(=O)O. The number of carboxylic acids is 1. The van der Waals surface area contributed by atoms with Crippen LogP contribution < -0.4 is 0 Å². The number of benzene rings is 1. The second-order valence-corrected chi connectivity index (χ2v) is 7.48. The van der Waals surface area contributed by atoms with Crippen LogP contribution in [-0.2, 0) is 16.0 Å². The van der Waals surface area contributed by atoms with E-state index in [4.69, 9.17) is 11.6 Å². The van der Waals surface area contributed by atoms with Gasteiger partial charge in [0.1, 0.15) is 0 Å². The van der Waals surface area contributed by atoms with Crippen LogP contribution in [0.3, 0.4) is 0 Å². The number of carbonyl (C=O) groups is 2. The number of rotatable bonds is 3. The lowest BCUT2D eigenvalue weighted by Gasteiger charge is -2.35. The summed E-state index contributed by atoms with van der Waals surface area (Å²) in [5.74, 6) is -1.07. The fraction of sp³-hybridized carbons (Fsp3) is 0.412. The molecule has 2 aromatic rings. The van der Waals surface area contributed by atoms with Gasteiger partial charge in [-0.25, -0.2) is 0 Å². The maximum absolute atomic E-state index is 12.6. The first-order valence-electron chi connectivity index (χ1n) is 7.62. The number of hydrogen-bond donors (Lipinski definition) is 1. The maximum Gasteiger partial charge on any atom is 0.306 e. The average Bonchev–Trinajstić information content (AvgIpc) is 2.89. The number of thiophene rings is 1. The molecule has 122 valence electrons. The third-order valence-corrected chi connectivity index (χ3v) is 5.78. The molecule has 1 N–H and O–H groups in total. The van der Waals surface area contributed by atoms with Crippen LogP contribution in [0.15, 0.2) is 23.6 Å². The molecule has 1 aliphatic rings. The van der Waals surface area contributed by atoms with E-state index >= 15 is 0 Å². The number of halogens is 1. The topological polar surface area (TPSA) is 57.6 Å². The van der Waals surface area contributed by atoms with Gasteiger partial charge in [-0.2, -0.15) is 0 Å². The van der Waals surface area contributed by atoms with Crippen LogP contribution in [0.5, 0.6) is 0 Å². The van der Waals surface area contributed by atoms with Gasteiger partial charge in [0.15, 0.2) is 0 Å². The molecule has 1 saturated heterocycles. The summed E-state index contributed by atoms with van der Waals surface area (Å²) in [4.78, 5) is 25.5. The third-order valence-electron chi connectivity index (χ3n) is 4.53. The number of hydrogen-bond acceptors (Lipinski definition) is 3. The highest BCUT2D eigenvalue weighted by Crippen LogP contribution is 2.30. The number of fused-ring (bicyclic) bond motifs is 1. The molecule has 0 aliphatic carbocycles. The summed E-state index contributed by atoms with van der Waals surface area (Å²) in [6.45, 7) is 2.93. The first-order chi connectivity index (χ1) is 11.0. The van der Waals surface area contributed by atoms with Crippen LogP contribution in [0, 0.1) is 11.8 Å². The van der Waals surface area contributed by atoms with E-state index in [0.29, 0.717) is 31.0 Å². The first-order valence-corrected chi connectivity index (χ1v) is 8.87. The zero-order valence-electron chi connectivity index (χ0n) is 12.8. The Kier molecular flexibility index (Phi) is 4.60. The van der Waals surface area contributed by atoms with Gasteiger partial charge in [0, 0.05) is 22.8 Å². The number of amides is 1. The van der Waals surface area contributed by atoms with E-state index in [1.165, 1.54) is 0 Å². The van der Waals surface area contributed by atoms with Gasteiger partial charge in [0.05, 0.1) is 12.3 Å². The third kappa shape index (κ3) is 3.35. The lowest BCUT2D eigenvalue weighted by Crippen LogP contribution is -2.45. The van der Waals surface area contributed by atoms with Crippen LogP contribution in [-0.4, -0.2) is 35.0 Å². The number of nitrogens with zero attached hydrogens (tertiary/aromatic N) is 1. The van der Waals surface area contributed by atoms with Crippen LogP contribution in [0.25, 0.3) is 10.1 Å². The molecule has 1 aliphatic heterocycles. The van der Waals surface area contributed by atoms with Crippen LogP contribution >= 0.6 is 22.9 Å². The van der Waals surface area contributed by atoms with Gasteiger partial charge in [0.2, 0.25) is 5.91 Å². The van der Waals surface area contributed by atoms with Crippen molar-refractivity contribution in [3.63, 3.8) is 0 Å². The molecule has 2 unspecified atom stereocenters. The van der Waals surface area contributed by atoms with Gasteiger partial charge in [-0.1, -0.05) is 18.5 Å². The van der Waals surface area contributed by atoms with Crippen LogP contribution in [0.2, 0.25) is 5.02 Å². The predicted molar refractivity (Wildman–Crippen MR) is 92.0 cm³/mol. The van der Waals surface area contributed by atoms with Gasteiger partial charge in [-0.05, 0) is 46.9 Å². The van der Waals surface area contributed by atoms with Crippen molar-refractivity contribution in [3.8, 4) is 0 Å². The summed E-state index contributed by atoms with van der Waals surface area (Å²) < 4.78 is 1.12. The molecule has 23 heavy (non-hydrogen) atoms. The molecular weight excluding hydrogens is 334 g/mol. The van der Waals surface area contributed by atoms with Gasteiger partial charge in [-0.15, -0.1) is 11.3 Å². The molecule has 0 radical (unpaired) electrons. The summed E-state index contributed by atoms with van der Waals surface area (Å²) in [6.07, 6.45) is 0.864. The smallest absolute Gasteiger partial charge is 0.306 e. The van der Waals surface area contributed by atoms with Crippen molar-refractivity contribution >= 4 is 44.9 Å². The molecule has 2 heterocycles. The lowest BCUT2D eigenvalue weighted by atomic mass is 9.87. The van der Waals surface area contributed by atoms with E-state index in [1.807, 2.05) is 30.5 Å². The van der Waals surface area contributed by atoms with Crippen molar-refractivity contribution in [1.29, 1.82) is 0 Å². The molecule has 2 atom stereocenters. The quantitative estimate of drug-likeness (QED) is 0.917. The Balaban J connectivity index is 1.72. The Labute approximate surface area is 143 Å². The van der Waals surface area contributed by atoms with E-state index < -0.39 is 5.97 Å². The van der Waals surface area contributed by atoms with Crippen molar-refractivity contribution in [2.75, 3.05) is 13.1 Å². The summed E-state index contributed by atoms with van der Waals surface area (Å²) >= 11 is 7.66. The predicted octanol–water partition coefficient (Wildman–Crippen LogP) is 3.67. The molecule has 3 rings (SSSR count). The molecule has 4 nitrogen and oxygen atoms in total. The minimum absolute atomic E-state index is 0.0149. The Bertz CT molecular complexity index is 757. The molecule has 1 amide bonds. The molecule has 6 heteroatoms. The van der Waals surface area contributed by atoms with Gasteiger partial charge < -0.3 is 10.0 Å². The van der Waals surface area contributed by atoms with E-state index in [2.05, 4.69) is 0 Å². The highest BCUT2D eigenvalue weighted by molar-refractivity contribution is 7.17. The number of carbonyl (C=O) groups excluding carboxylic acids is 1. The zero-order valence-corrected chi connectivity index (χ0v) is 14.4. The molecule has 0 spiro atoms. The summed E-state index contributed by atoms with van der Waals surface area (Å²) in [5, 5.41) is 12.9. The number of aliphatic carboxylic acids is 1. The second-order valence-electron chi connectivity index (χ2n) is 6.13. The minimum Gasteiger partial charge on any atom is -0.481 e. The van der Waals surface area contributed by atoms with Crippen LogP contribution in [0.4, 0.5) is 0 Å². The highest BCUT2D eigenvalue weighted by Gasteiger charge is 2.33. The number of carboxylic acid groups (broad SMARTS) is 1. The summed E-state index contributed by atoms with van der Waals surface area (Å²) in [6, 6.07) is 5.72. The fourth-order valence-electron chi connectivity index (χ4n) is 3.20. The number of piperidine rings is 1. The van der Waals surface area contributed by atoms with E-state index in [-0.39, 0.29) is 17.7 Å². The van der Waals surface area contributed by atoms with Gasteiger partial charge in [-0.3, -0.25) is 9.59 Å².